The first-order chi connectivity index (χ1) is 15.4. The van der Waals surface area contributed by atoms with E-state index in [-0.39, 0.29) is 28.9 Å². The van der Waals surface area contributed by atoms with Crippen LogP contribution in [0.4, 0.5) is 13.2 Å². The molecule has 0 unspecified atom stereocenters. The van der Waals surface area contributed by atoms with Crippen LogP contribution < -0.4 is 0 Å². The van der Waals surface area contributed by atoms with E-state index >= 15 is 0 Å². The molecule has 33 heavy (non-hydrogen) atoms. The van der Waals surface area contributed by atoms with Gasteiger partial charge in [-0.15, -0.1) is 0 Å². The first-order valence-corrected chi connectivity index (χ1v) is 12.0. The molecule has 3 saturated carbocycles. The third-order valence-corrected chi connectivity index (χ3v) is 9.48. The maximum absolute atomic E-state index is 13.3. The Balaban J connectivity index is 1.61. The molecule has 1 amide bonds. The minimum absolute atomic E-state index is 0.0668. The second-order valence-corrected chi connectivity index (χ2v) is 11.1. The molecule has 0 radical (unpaired) electrons. The van der Waals surface area contributed by atoms with Crippen LogP contribution in [0.3, 0.4) is 0 Å². The Morgan fingerprint density at radius 3 is 2.64 bits per heavy atom. The number of alkyl halides is 3. The molecule has 4 aliphatic rings. The molecule has 3 fully saturated rings. The van der Waals surface area contributed by atoms with Gasteiger partial charge in [0.15, 0.2) is 0 Å². The number of carbonyl (C=O) groups is 1. The van der Waals surface area contributed by atoms with Crippen molar-refractivity contribution in [1.29, 1.82) is 0 Å². The lowest BCUT2D eigenvalue weighted by atomic mass is 9.47. The van der Waals surface area contributed by atoms with Crippen LogP contribution in [-0.2, 0) is 11.0 Å². The van der Waals surface area contributed by atoms with Crippen LogP contribution >= 0.6 is 0 Å². The van der Waals surface area contributed by atoms with E-state index in [0.29, 0.717) is 23.3 Å². The average Bonchev–Trinajstić information content (AvgIpc) is 3.05. The highest BCUT2D eigenvalue weighted by molar-refractivity contribution is 5.89. The summed E-state index contributed by atoms with van der Waals surface area (Å²) in [5, 5.41) is 10.8. The molecule has 1 heterocycles. The maximum Gasteiger partial charge on any atom is 0.416 e. The third kappa shape index (κ3) is 3.39. The lowest BCUT2D eigenvalue weighted by Crippen LogP contribution is -2.60. The fourth-order valence-electron chi connectivity index (χ4n) is 7.84. The normalized spacial score (nSPS) is 41.7. The fourth-order valence-corrected chi connectivity index (χ4v) is 7.84. The quantitative estimate of drug-likeness (QED) is 0.585. The summed E-state index contributed by atoms with van der Waals surface area (Å²) in [7, 11) is 1.81. The van der Waals surface area contributed by atoms with Crippen molar-refractivity contribution in [2.75, 3.05) is 7.05 Å². The summed E-state index contributed by atoms with van der Waals surface area (Å²) >= 11 is 0. The highest BCUT2D eigenvalue weighted by atomic mass is 19.4. The maximum atomic E-state index is 13.3. The van der Waals surface area contributed by atoms with Gasteiger partial charge in [-0.1, -0.05) is 38.1 Å². The number of aliphatic hydroxyl groups excluding tert-OH is 1. The molecule has 0 aromatic heterocycles. The fraction of sp³-hybridized carbons (Fsp3) is 0.593. The van der Waals surface area contributed by atoms with Crippen LogP contribution in [0.25, 0.3) is 6.08 Å². The van der Waals surface area contributed by atoms with Crippen LogP contribution in [0, 0.1) is 28.6 Å². The third-order valence-electron chi connectivity index (χ3n) is 9.48. The number of aliphatic hydroxyl groups is 1. The predicted molar refractivity (Wildman–Crippen MR) is 121 cm³/mol. The lowest BCUT2D eigenvalue weighted by Gasteiger charge is -2.60. The number of nitrogens with zero attached hydrogens (tertiary/aromatic N) is 1. The molecule has 178 valence electrons. The number of likely N-dealkylation sites (N-methyl/N-ethyl adjacent to an activating group) is 1. The molecule has 3 nitrogen and oxygen atoms in total. The highest BCUT2D eigenvalue weighted by Crippen LogP contribution is 2.64. The van der Waals surface area contributed by atoms with Crippen LogP contribution in [0.1, 0.15) is 57.1 Å². The Hall–Kier alpha value is -2.08. The summed E-state index contributed by atoms with van der Waals surface area (Å²) in [5.41, 5.74) is 0.482. The molecule has 3 aliphatic carbocycles. The van der Waals surface area contributed by atoms with Crippen molar-refractivity contribution < 1.29 is 23.1 Å². The van der Waals surface area contributed by atoms with Crippen LogP contribution in [0.5, 0.6) is 0 Å². The summed E-state index contributed by atoms with van der Waals surface area (Å²) in [6.07, 6.45) is 5.42. The van der Waals surface area contributed by atoms with Crippen molar-refractivity contribution in [3.05, 3.63) is 53.1 Å². The second-order valence-electron chi connectivity index (χ2n) is 11.1. The smallest absolute Gasteiger partial charge is 0.393 e. The monoisotopic (exact) mass is 459 g/mol. The molecule has 1 aromatic carbocycles. The Bertz CT molecular complexity index is 1030. The molecule has 1 N–H and O–H groups in total. The van der Waals surface area contributed by atoms with E-state index < -0.39 is 11.7 Å². The topological polar surface area (TPSA) is 40.5 Å². The van der Waals surface area contributed by atoms with E-state index in [1.54, 1.807) is 24.1 Å². The largest absolute Gasteiger partial charge is 0.416 e. The molecular weight excluding hydrogens is 427 g/mol. The lowest BCUT2D eigenvalue weighted by molar-refractivity contribution is -0.137. The Kier molecular flexibility index (Phi) is 5.13. The van der Waals surface area contributed by atoms with Gasteiger partial charge in [0, 0.05) is 12.5 Å². The number of hydrogen-bond donors (Lipinski definition) is 1. The number of carbonyl (C=O) groups excluding carboxylic acids is 1. The second kappa shape index (κ2) is 7.46. The summed E-state index contributed by atoms with van der Waals surface area (Å²) in [6.45, 7) is 4.42. The van der Waals surface area contributed by atoms with Crippen molar-refractivity contribution in [2.45, 2.75) is 64.3 Å². The van der Waals surface area contributed by atoms with Gasteiger partial charge < -0.3 is 10.0 Å². The molecule has 0 saturated heterocycles. The SMILES string of the molecule is CN1C(=O)C=C[C@]2(C)[C@H]3CC[C@]4(C)[C@@H](O)CC[C@H]4[C@@H]3CC(=Cc3cccc(C(F)(F)F)c3)[C@@H]12. The zero-order valence-electron chi connectivity index (χ0n) is 19.4. The first kappa shape index (κ1) is 22.7. The Morgan fingerprint density at radius 2 is 1.91 bits per heavy atom. The number of benzene rings is 1. The van der Waals surface area contributed by atoms with Crippen LogP contribution in [-0.4, -0.2) is 35.1 Å². The van der Waals surface area contributed by atoms with Crippen molar-refractivity contribution in [1.82, 2.24) is 4.90 Å². The van der Waals surface area contributed by atoms with Gasteiger partial charge in [-0.25, -0.2) is 0 Å². The van der Waals surface area contributed by atoms with E-state index in [4.69, 9.17) is 0 Å². The Labute approximate surface area is 193 Å². The van der Waals surface area contributed by atoms with Gasteiger partial charge in [0.2, 0.25) is 5.91 Å². The van der Waals surface area contributed by atoms with Gasteiger partial charge in [-0.2, -0.15) is 13.2 Å². The van der Waals surface area contributed by atoms with E-state index in [0.717, 1.165) is 43.7 Å². The van der Waals surface area contributed by atoms with Gasteiger partial charge in [0.05, 0.1) is 17.7 Å². The predicted octanol–water partition coefficient (Wildman–Crippen LogP) is 5.70. The van der Waals surface area contributed by atoms with Gasteiger partial charge in [0.1, 0.15) is 0 Å². The van der Waals surface area contributed by atoms with E-state index in [1.165, 1.54) is 12.1 Å². The molecule has 1 aromatic rings. The number of amides is 1. The van der Waals surface area contributed by atoms with Crippen molar-refractivity contribution >= 4 is 12.0 Å². The summed E-state index contributed by atoms with van der Waals surface area (Å²) in [5.74, 6) is 1.02. The minimum atomic E-state index is -4.40. The number of fused-ring (bicyclic) bond motifs is 5. The van der Waals surface area contributed by atoms with Crippen LogP contribution in [0.2, 0.25) is 0 Å². The van der Waals surface area contributed by atoms with E-state index in [2.05, 4.69) is 19.9 Å². The number of rotatable bonds is 1. The molecule has 5 rings (SSSR count). The number of hydrogen-bond acceptors (Lipinski definition) is 2. The van der Waals surface area contributed by atoms with Gasteiger partial charge >= 0.3 is 6.18 Å². The summed E-state index contributed by atoms with van der Waals surface area (Å²) in [4.78, 5) is 14.4. The zero-order valence-corrected chi connectivity index (χ0v) is 19.4. The molecule has 7 atom stereocenters. The molecule has 1 aliphatic heterocycles. The zero-order chi connectivity index (χ0) is 23.8. The van der Waals surface area contributed by atoms with E-state index in [1.807, 2.05) is 6.08 Å². The minimum Gasteiger partial charge on any atom is -0.393 e. The van der Waals surface area contributed by atoms with Crippen molar-refractivity contribution in [3.8, 4) is 0 Å². The molecule has 0 spiro atoms. The van der Waals surface area contributed by atoms with Crippen LogP contribution in [0.15, 0.2) is 42.0 Å². The molecular formula is C27H32F3NO2. The van der Waals surface area contributed by atoms with Crippen molar-refractivity contribution in [2.24, 2.45) is 28.6 Å². The van der Waals surface area contributed by atoms with Gasteiger partial charge in [0.25, 0.3) is 0 Å². The number of halogens is 3. The van der Waals surface area contributed by atoms with Crippen molar-refractivity contribution in [3.63, 3.8) is 0 Å². The van der Waals surface area contributed by atoms with E-state index in [9.17, 15) is 23.1 Å². The summed E-state index contributed by atoms with van der Waals surface area (Å²) < 4.78 is 40.0. The summed E-state index contributed by atoms with van der Waals surface area (Å²) in [6, 6.07) is 5.26. The molecule has 6 heteroatoms. The van der Waals surface area contributed by atoms with Gasteiger partial charge in [-0.3, -0.25) is 4.79 Å². The highest BCUT2D eigenvalue weighted by Gasteiger charge is 2.61. The van der Waals surface area contributed by atoms with Gasteiger partial charge in [-0.05, 0) is 84.6 Å². The standard InChI is InChI=1S/C27H32F3NO2/c1-25-11-9-21-19(20(25)7-8-22(25)32)15-17(24-26(21,2)12-10-23(33)31(24)3)13-16-5-4-6-18(14-16)27(28,29)30/h4-6,10,12-14,19-22,24,32H,7-9,11,15H2,1-3H3/t19-,20-,21-,22-,24+,25-,26+/m0/s1. The Morgan fingerprint density at radius 1 is 1.15 bits per heavy atom. The first-order valence-electron chi connectivity index (χ1n) is 12.0. The average molecular weight is 460 g/mol. The molecule has 0 bridgehead atoms.